The number of Topliss-reactive ketones (excluding diaryl/α,β-unsaturated/α-hetero) is 1. The highest BCUT2D eigenvalue weighted by molar-refractivity contribution is 6.35. The summed E-state index contributed by atoms with van der Waals surface area (Å²) in [7, 11) is 0. The number of hydrogen-bond acceptors (Lipinski definition) is 5. The minimum atomic E-state index is -0.602. The third-order valence-electron chi connectivity index (χ3n) is 7.91. The number of anilines is 1. The second-order valence-corrected chi connectivity index (χ2v) is 10.1. The van der Waals surface area contributed by atoms with E-state index >= 15 is 0 Å². The summed E-state index contributed by atoms with van der Waals surface area (Å²) in [6, 6.07) is 17.5. The number of benzene rings is 3. The third kappa shape index (κ3) is 3.65. The molecule has 0 bridgehead atoms. The first-order valence-electron chi connectivity index (χ1n) is 12.5. The maximum Gasteiger partial charge on any atom is 0.266 e. The predicted molar refractivity (Wildman–Crippen MR) is 137 cm³/mol. The molecule has 0 atom stereocenters. The number of hydrogen-bond donors (Lipinski definition) is 0. The van der Waals surface area contributed by atoms with Crippen molar-refractivity contribution in [1.29, 1.82) is 0 Å². The van der Waals surface area contributed by atoms with Gasteiger partial charge < -0.3 is 9.64 Å². The van der Waals surface area contributed by atoms with Crippen molar-refractivity contribution < 1.29 is 23.9 Å². The van der Waals surface area contributed by atoms with Crippen LogP contribution in [0.1, 0.15) is 71.8 Å². The van der Waals surface area contributed by atoms with Gasteiger partial charge >= 0.3 is 0 Å². The van der Waals surface area contributed by atoms with E-state index in [1.54, 1.807) is 29.2 Å². The molecule has 0 N–H and O–H groups in total. The van der Waals surface area contributed by atoms with Gasteiger partial charge in [0.15, 0.2) is 5.78 Å². The molecule has 0 radical (unpaired) electrons. The van der Waals surface area contributed by atoms with Gasteiger partial charge in [-0.1, -0.05) is 24.3 Å². The molecule has 3 aliphatic rings. The lowest BCUT2D eigenvalue weighted by Crippen LogP contribution is -2.52. The minimum Gasteiger partial charge on any atom is -0.486 e. The number of aryl methyl sites for hydroxylation is 1. The highest BCUT2D eigenvalue weighted by Crippen LogP contribution is 2.39. The highest BCUT2D eigenvalue weighted by Gasteiger charge is 2.44. The lowest BCUT2D eigenvalue weighted by atomic mass is 9.82. The molecule has 0 unspecified atom stereocenters. The summed E-state index contributed by atoms with van der Waals surface area (Å²) >= 11 is 0. The van der Waals surface area contributed by atoms with E-state index in [1.807, 2.05) is 44.2 Å². The van der Waals surface area contributed by atoms with Crippen LogP contribution in [0.25, 0.3) is 0 Å². The second kappa shape index (κ2) is 8.40. The van der Waals surface area contributed by atoms with Gasteiger partial charge in [-0.15, -0.1) is 0 Å². The van der Waals surface area contributed by atoms with Crippen LogP contribution in [0.5, 0.6) is 5.75 Å². The molecule has 6 rings (SSSR count). The Balaban J connectivity index is 1.20. The fraction of sp³-hybridized carbons (Fsp3) is 0.267. The van der Waals surface area contributed by atoms with Crippen LogP contribution < -0.4 is 9.64 Å². The van der Waals surface area contributed by atoms with Gasteiger partial charge in [0.05, 0.1) is 28.8 Å². The number of ketones is 1. The Morgan fingerprint density at radius 1 is 0.838 bits per heavy atom. The quantitative estimate of drug-likeness (QED) is 0.481. The summed E-state index contributed by atoms with van der Waals surface area (Å²) in [5, 5.41) is 0. The average Bonchev–Trinajstić information content (AvgIpc) is 3.15. The molecule has 1 saturated heterocycles. The first kappa shape index (κ1) is 23.2. The molecule has 1 fully saturated rings. The van der Waals surface area contributed by atoms with E-state index in [9.17, 15) is 19.2 Å². The molecule has 3 aromatic carbocycles. The Morgan fingerprint density at radius 3 is 2.35 bits per heavy atom. The smallest absolute Gasteiger partial charge is 0.266 e. The number of ether oxygens (including phenoxy) is 1. The van der Waals surface area contributed by atoms with Crippen molar-refractivity contribution >= 4 is 29.2 Å². The fourth-order valence-electron chi connectivity index (χ4n) is 5.59. The van der Waals surface area contributed by atoms with Gasteiger partial charge in [0.25, 0.3) is 17.7 Å². The van der Waals surface area contributed by atoms with Gasteiger partial charge in [-0.05, 0) is 61.4 Å². The molecule has 3 heterocycles. The van der Waals surface area contributed by atoms with Crippen LogP contribution in [0.15, 0.2) is 60.7 Å². The van der Waals surface area contributed by atoms with Crippen molar-refractivity contribution in [1.82, 2.24) is 4.90 Å². The highest BCUT2D eigenvalue weighted by atomic mass is 16.5. The Kier molecular flexibility index (Phi) is 5.26. The summed E-state index contributed by atoms with van der Waals surface area (Å²) in [5.74, 6) is -0.336. The molecule has 3 aromatic rings. The number of carbonyl (C=O) groups is 4. The number of para-hydroxylation sites is 1. The Labute approximate surface area is 214 Å². The van der Waals surface area contributed by atoms with Gasteiger partial charge in [-0.3, -0.25) is 19.2 Å². The molecule has 0 aliphatic carbocycles. The largest absolute Gasteiger partial charge is 0.486 e. The van der Waals surface area contributed by atoms with E-state index in [0.717, 1.165) is 11.1 Å². The van der Waals surface area contributed by atoms with Crippen LogP contribution in [0.2, 0.25) is 0 Å². The average molecular weight is 495 g/mol. The van der Waals surface area contributed by atoms with Crippen LogP contribution in [-0.2, 0) is 0 Å². The van der Waals surface area contributed by atoms with Crippen LogP contribution >= 0.6 is 0 Å². The number of amides is 3. The maximum atomic E-state index is 13.4. The van der Waals surface area contributed by atoms with Crippen molar-refractivity contribution in [3.05, 3.63) is 94.0 Å². The Bertz CT molecular complexity index is 1500. The number of carbonyl (C=O) groups excluding carboxylic acids is 4. The predicted octanol–water partition coefficient (Wildman–Crippen LogP) is 4.74. The third-order valence-corrected chi connectivity index (χ3v) is 7.91. The molecular formula is C30H26N2O5. The number of imide groups is 1. The van der Waals surface area contributed by atoms with E-state index in [0.29, 0.717) is 60.5 Å². The summed E-state index contributed by atoms with van der Waals surface area (Å²) < 4.78 is 6.28. The molecule has 3 aliphatic heterocycles. The number of rotatable bonds is 2. The molecule has 3 amide bonds. The zero-order valence-corrected chi connectivity index (χ0v) is 20.7. The van der Waals surface area contributed by atoms with Crippen LogP contribution in [0.3, 0.4) is 0 Å². The van der Waals surface area contributed by atoms with E-state index in [-0.39, 0.29) is 23.2 Å². The van der Waals surface area contributed by atoms with Crippen LogP contribution in [0, 0.1) is 13.8 Å². The Morgan fingerprint density at radius 2 is 1.57 bits per heavy atom. The summed E-state index contributed by atoms with van der Waals surface area (Å²) in [6.07, 6.45) is 1.39. The summed E-state index contributed by atoms with van der Waals surface area (Å²) in [5.41, 5.74) is 3.32. The maximum absolute atomic E-state index is 13.4. The SMILES string of the molecule is Cc1cccc(N2C(=O)c3ccc(C(=O)N4CCC5(CC4)CC(=O)c4ccccc4O5)cc3C2=O)c1C. The van der Waals surface area contributed by atoms with Gasteiger partial charge in [0.2, 0.25) is 0 Å². The number of fused-ring (bicyclic) bond motifs is 2. The van der Waals surface area contributed by atoms with Crippen molar-refractivity contribution in [3.63, 3.8) is 0 Å². The van der Waals surface area contributed by atoms with Gasteiger partial charge in [0, 0.05) is 31.5 Å². The molecule has 0 saturated carbocycles. The zero-order chi connectivity index (χ0) is 25.9. The van der Waals surface area contributed by atoms with Crippen molar-refractivity contribution in [3.8, 4) is 5.75 Å². The van der Waals surface area contributed by atoms with Crippen molar-refractivity contribution in [2.75, 3.05) is 18.0 Å². The first-order valence-corrected chi connectivity index (χ1v) is 12.5. The fourth-order valence-corrected chi connectivity index (χ4v) is 5.59. The Hall–Kier alpha value is -4.26. The molecule has 1 spiro atoms. The summed E-state index contributed by atoms with van der Waals surface area (Å²) in [4.78, 5) is 55.4. The molecule has 0 aromatic heterocycles. The standard InChI is InChI=1S/C30H26N2O5/c1-18-6-5-8-24(19(18)2)32-28(35)21-11-10-20(16-23(21)29(32)36)27(34)31-14-12-30(13-15-31)17-25(33)22-7-3-4-9-26(22)37-30/h3-11,16H,12-15,17H2,1-2H3. The first-order chi connectivity index (χ1) is 17.8. The second-order valence-electron chi connectivity index (χ2n) is 10.1. The van der Waals surface area contributed by atoms with Crippen molar-refractivity contribution in [2.24, 2.45) is 0 Å². The topological polar surface area (TPSA) is 84.0 Å². The summed E-state index contributed by atoms with van der Waals surface area (Å²) in [6.45, 7) is 4.69. The minimum absolute atomic E-state index is 0.0665. The van der Waals surface area contributed by atoms with Crippen LogP contribution in [-0.4, -0.2) is 47.1 Å². The lowest BCUT2D eigenvalue weighted by molar-refractivity contribution is -0.00572. The molecule has 7 heteroatoms. The lowest BCUT2D eigenvalue weighted by Gasteiger charge is -2.44. The van der Waals surface area contributed by atoms with Gasteiger partial charge in [-0.25, -0.2) is 4.90 Å². The normalized spacial score (nSPS) is 18.1. The monoisotopic (exact) mass is 494 g/mol. The van der Waals surface area contributed by atoms with E-state index in [2.05, 4.69) is 0 Å². The molecule has 186 valence electrons. The van der Waals surface area contributed by atoms with Crippen LogP contribution in [0.4, 0.5) is 5.69 Å². The van der Waals surface area contributed by atoms with Gasteiger partial charge in [-0.2, -0.15) is 0 Å². The van der Waals surface area contributed by atoms with E-state index in [1.165, 1.54) is 11.0 Å². The number of nitrogens with zero attached hydrogens (tertiary/aromatic N) is 2. The number of piperidine rings is 1. The van der Waals surface area contributed by atoms with E-state index < -0.39 is 11.5 Å². The van der Waals surface area contributed by atoms with E-state index in [4.69, 9.17) is 4.74 Å². The molecular weight excluding hydrogens is 468 g/mol. The van der Waals surface area contributed by atoms with Crippen molar-refractivity contribution in [2.45, 2.75) is 38.7 Å². The molecule has 7 nitrogen and oxygen atoms in total. The molecule has 37 heavy (non-hydrogen) atoms. The zero-order valence-electron chi connectivity index (χ0n) is 20.7. The van der Waals surface area contributed by atoms with Gasteiger partial charge in [0.1, 0.15) is 11.4 Å². The number of likely N-dealkylation sites (tertiary alicyclic amines) is 1.